The van der Waals surface area contributed by atoms with Crippen molar-refractivity contribution in [1.82, 2.24) is 4.98 Å². The fraction of sp³-hybridized carbons (Fsp3) is 0. The van der Waals surface area contributed by atoms with E-state index in [1.807, 2.05) is 30.3 Å². The molecule has 0 atom stereocenters. The molecule has 0 radical (unpaired) electrons. The van der Waals surface area contributed by atoms with E-state index >= 15 is 0 Å². The van der Waals surface area contributed by atoms with E-state index in [2.05, 4.69) is 20.9 Å². The molecule has 2 nitrogen and oxygen atoms in total. The Kier molecular flexibility index (Phi) is 3.23. The maximum Gasteiger partial charge on any atom is 0.146 e. The molecule has 1 heterocycles. The first-order valence-corrected chi connectivity index (χ1v) is 5.69. The van der Waals surface area contributed by atoms with E-state index in [0.717, 1.165) is 15.6 Å². The van der Waals surface area contributed by atoms with Gasteiger partial charge in [0.25, 0.3) is 0 Å². The minimum atomic E-state index is 0.239. The van der Waals surface area contributed by atoms with E-state index < -0.39 is 0 Å². The summed E-state index contributed by atoms with van der Waals surface area (Å²) in [6, 6.07) is 11.5. The van der Waals surface area contributed by atoms with Crippen molar-refractivity contribution in [2.24, 2.45) is 0 Å². The Morgan fingerprint density at radius 1 is 1.19 bits per heavy atom. The highest BCUT2D eigenvalue weighted by atomic mass is 79.9. The number of rotatable bonds is 1. The highest BCUT2D eigenvalue weighted by Crippen LogP contribution is 2.24. The van der Waals surface area contributed by atoms with Gasteiger partial charge >= 0.3 is 0 Å². The van der Waals surface area contributed by atoms with Crippen LogP contribution in [0.4, 0.5) is 0 Å². The Labute approximate surface area is 107 Å². The fourth-order valence-corrected chi connectivity index (χ4v) is 1.74. The topological polar surface area (TPSA) is 36.7 Å². The number of nitriles is 1. The standard InChI is InChI=1S/C12H6BrClN2/c13-11-3-1-8(2-4-11)10-5-9(6-15)12(14)16-7-10/h1-5,7H. The van der Waals surface area contributed by atoms with Gasteiger partial charge in [0, 0.05) is 16.2 Å². The van der Waals surface area contributed by atoms with Crippen molar-refractivity contribution in [1.29, 1.82) is 5.26 Å². The lowest BCUT2D eigenvalue weighted by atomic mass is 10.1. The minimum absolute atomic E-state index is 0.239. The molecule has 0 aliphatic heterocycles. The average Bonchev–Trinajstić information content (AvgIpc) is 2.31. The highest BCUT2D eigenvalue weighted by Gasteiger charge is 2.04. The van der Waals surface area contributed by atoms with Gasteiger partial charge in [0.15, 0.2) is 0 Å². The molecule has 78 valence electrons. The Hall–Kier alpha value is -1.37. The Morgan fingerprint density at radius 3 is 2.50 bits per heavy atom. The molecule has 0 fully saturated rings. The van der Waals surface area contributed by atoms with Crippen molar-refractivity contribution in [2.45, 2.75) is 0 Å². The average molecular weight is 294 g/mol. The van der Waals surface area contributed by atoms with Gasteiger partial charge in [-0.25, -0.2) is 4.98 Å². The molecular formula is C12H6BrClN2. The molecule has 1 aromatic heterocycles. The zero-order valence-electron chi connectivity index (χ0n) is 8.11. The Balaban J connectivity index is 2.49. The number of nitrogens with zero attached hydrogens (tertiary/aromatic N) is 2. The molecule has 4 heteroatoms. The summed E-state index contributed by atoms with van der Waals surface area (Å²) in [5.74, 6) is 0. The number of pyridine rings is 1. The van der Waals surface area contributed by atoms with Crippen LogP contribution >= 0.6 is 27.5 Å². The Bertz CT molecular complexity index is 558. The SMILES string of the molecule is N#Cc1cc(-c2ccc(Br)cc2)cnc1Cl. The summed E-state index contributed by atoms with van der Waals surface area (Å²) in [5, 5.41) is 9.09. The van der Waals surface area contributed by atoms with Crippen LogP contribution in [0.2, 0.25) is 5.15 Å². The van der Waals surface area contributed by atoms with Crippen LogP contribution in [0.25, 0.3) is 11.1 Å². The maximum atomic E-state index is 8.85. The van der Waals surface area contributed by atoms with E-state index in [1.165, 1.54) is 0 Å². The summed E-state index contributed by atoms with van der Waals surface area (Å²) >= 11 is 9.14. The van der Waals surface area contributed by atoms with Gasteiger partial charge in [-0.05, 0) is 23.8 Å². The molecule has 2 aromatic rings. The Morgan fingerprint density at radius 2 is 1.88 bits per heavy atom. The molecule has 0 aliphatic carbocycles. The second kappa shape index (κ2) is 4.65. The zero-order chi connectivity index (χ0) is 11.5. The summed E-state index contributed by atoms with van der Waals surface area (Å²) in [4.78, 5) is 3.98. The monoisotopic (exact) mass is 292 g/mol. The smallest absolute Gasteiger partial charge is 0.146 e. The number of hydrogen-bond donors (Lipinski definition) is 0. The van der Waals surface area contributed by atoms with Crippen LogP contribution in [0.5, 0.6) is 0 Å². The molecular weight excluding hydrogens is 288 g/mol. The second-order valence-electron chi connectivity index (χ2n) is 3.18. The van der Waals surface area contributed by atoms with Crippen LogP contribution in [0.1, 0.15) is 5.56 Å². The van der Waals surface area contributed by atoms with Crippen molar-refractivity contribution in [3.05, 3.63) is 51.7 Å². The predicted octanol–water partition coefficient (Wildman–Crippen LogP) is 4.04. The summed E-state index contributed by atoms with van der Waals surface area (Å²) in [5.41, 5.74) is 2.28. The molecule has 16 heavy (non-hydrogen) atoms. The first-order valence-electron chi connectivity index (χ1n) is 4.52. The van der Waals surface area contributed by atoms with Crippen LogP contribution in [0, 0.1) is 11.3 Å². The predicted molar refractivity (Wildman–Crippen MR) is 67.1 cm³/mol. The van der Waals surface area contributed by atoms with Crippen LogP contribution in [0.15, 0.2) is 41.0 Å². The van der Waals surface area contributed by atoms with Gasteiger partial charge in [-0.1, -0.05) is 39.7 Å². The normalized spacial score (nSPS) is 9.81. The lowest BCUT2D eigenvalue weighted by Gasteiger charge is -2.02. The third-order valence-electron chi connectivity index (χ3n) is 2.14. The van der Waals surface area contributed by atoms with E-state index in [-0.39, 0.29) is 5.15 Å². The molecule has 0 unspecified atom stereocenters. The van der Waals surface area contributed by atoms with Crippen molar-refractivity contribution < 1.29 is 0 Å². The third-order valence-corrected chi connectivity index (χ3v) is 2.97. The van der Waals surface area contributed by atoms with E-state index in [1.54, 1.807) is 12.3 Å². The van der Waals surface area contributed by atoms with Crippen LogP contribution < -0.4 is 0 Å². The summed E-state index contributed by atoms with van der Waals surface area (Å²) < 4.78 is 1.01. The number of halogens is 2. The lowest BCUT2D eigenvalue weighted by molar-refractivity contribution is 1.30. The van der Waals surface area contributed by atoms with Crippen LogP contribution in [-0.2, 0) is 0 Å². The van der Waals surface area contributed by atoms with Gasteiger partial charge < -0.3 is 0 Å². The summed E-state index contributed by atoms with van der Waals surface area (Å²) in [6.07, 6.45) is 1.66. The maximum absolute atomic E-state index is 8.85. The van der Waals surface area contributed by atoms with Crippen molar-refractivity contribution >= 4 is 27.5 Å². The number of aromatic nitrogens is 1. The molecule has 0 amide bonds. The van der Waals surface area contributed by atoms with Gasteiger partial charge in [-0.2, -0.15) is 5.26 Å². The quantitative estimate of drug-likeness (QED) is 0.744. The fourth-order valence-electron chi connectivity index (χ4n) is 1.33. The highest BCUT2D eigenvalue weighted by molar-refractivity contribution is 9.10. The molecule has 1 aromatic carbocycles. The zero-order valence-corrected chi connectivity index (χ0v) is 10.5. The van der Waals surface area contributed by atoms with Crippen molar-refractivity contribution in [3.8, 4) is 17.2 Å². The van der Waals surface area contributed by atoms with Gasteiger partial charge in [0.05, 0.1) is 5.56 Å². The van der Waals surface area contributed by atoms with E-state index in [4.69, 9.17) is 16.9 Å². The van der Waals surface area contributed by atoms with Crippen LogP contribution in [-0.4, -0.2) is 4.98 Å². The van der Waals surface area contributed by atoms with Crippen molar-refractivity contribution in [2.75, 3.05) is 0 Å². The molecule has 2 rings (SSSR count). The van der Waals surface area contributed by atoms with E-state index in [0.29, 0.717) is 5.56 Å². The van der Waals surface area contributed by atoms with Gasteiger partial charge in [0.2, 0.25) is 0 Å². The molecule has 0 aliphatic rings. The molecule has 0 saturated heterocycles. The van der Waals surface area contributed by atoms with Gasteiger partial charge in [-0.3, -0.25) is 0 Å². The van der Waals surface area contributed by atoms with Gasteiger partial charge in [0.1, 0.15) is 11.2 Å². The summed E-state index contributed by atoms with van der Waals surface area (Å²) in [7, 11) is 0. The largest absolute Gasteiger partial charge is 0.243 e. The van der Waals surface area contributed by atoms with Gasteiger partial charge in [-0.15, -0.1) is 0 Å². The number of hydrogen-bond acceptors (Lipinski definition) is 2. The minimum Gasteiger partial charge on any atom is -0.243 e. The lowest BCUT2D eigenvalue weighted by Crippen LogP contribution is -1.85. The first-order chi connectivity index (χ1) is 7.70. The molecule has 0 bridgehead atoms. The molecule has 0 saturated carbocycles. The molecule has 0 spiro atoms. The van der Waals surface area contributed by atoms with Crippen LogP contribution in [0.3, 0.4) is 0 Å². The second-order valence-corrected chi connectivity index (χ2v) is 4.45. The van der Waals surface area contributed by atoms with E-state index in [9.17, 15) is 0 Å². The third kappa shape index (κ3) is 2.24. The first kappa shape index (κ1) is 11.1. The summed E-state index contributed by atoms with van der Waals surface area (Å²) in [6.45, 7) is 0. The van der Waals surface area contributed by atoms with Crippen molar-refractivity contribution in [3.63, 3.8) is 0 Å². The number of benzene rings is 1. The molecule has 0 N–H and O–H groups in total.